The van der Waals surface area contributed by atoms with Gasteiger partial charge in [-0.2, -0.15) is 0 Å². The van der Waals surface area contributed by atoms with Crippen molar-refractivity contribution < 1.29 is 13.2 Å². The van der Waals surface area contributed by atoms with Crippen molar-refractivity contribution in [3.05, 3.63) is 62.9 Å². The van der Waals surface area contributed by atoms with E-state index in [1.165, 1.54) is 6.08 Å². The van der Waals surface area contributed by atoms with Crippen LogP contribution in [0.5, 0.6) is 0 Å². The van der Waals surface area contributed by atoms with Crippen LogP contribution in [0.1, 0.15) is 48.7 Å². The van der Waals surface area contributed by atoms with Gasteiger partial charge >= 0.3 is 0 Å². The van der Waals surface area contributed by atoms with Gasteiger partial charge in [0.1, 0.15) is 0 Å². The molecule has 0 saturated carbocycles. The van der Waals surface area contributed by atoms with Gasteiger partial charge in [-0.25, -0.2) is 13.1 Å². The Morgan fingerprint density at radius 1 is 1.17 bits per heavy atom. The van der Waals surface area contributed by atoms with Crippen molar-refractivity contribution in [2.45, 2.75) is 46.6 Å². The molecule has 29 heavy (non-hydrogen) atoms. The van der Waals surface area contributed by atoms with Gasteiger partial charge in [0, 0.05) is 34.1 Å². The number of nitrogens with zero attached hydrogens (tertiary/aromatic N) is 1. The fraction of sp³-hybridized carbons (Fsp3) is 0.381. The minimum Gasteiger partial charge on any atom is -0.341 e. The molecule has 1 heterocycles. The van der Waals surface area contributed by atoms with E-state index in [2.05, 4.69) is 4.72 Å². The van der Waals surface area contributed by atoms with E-state index in [1.807, 2.05) is 37.5 Å². The van der Waals surface area contributed by atoms with Crippen LogP contribution in [0.25, 0.3) is 6.08 Å². The molecule has 1 aromatic carbocycles. The van der Waals surface area contributed by atoms with Gasteiger partial charge in [-0.15, -0.1) is 0 Å². The molecule has 0 radical (unpaired) electrons. The topological polar surface area (TPSA) is 68.2 Å². The van der Waals surface area contributed by atoms with Crippen LogP contribution >= 0.6 is 23.2 Å². The van der Waals surface area contributed by atoms with Gasteiger partial charge in [-0.3, -0.25) is 4.79 Å². The standard InChI is InChI=1S/C21H26Cl2N2O3S/c1-4-5-6-11-29(27,28)24-21(26)10-9-20-15(2)12-16(3)25(20)14-17-7-8-18(22)13-19(17)23/h7-10,12-13H,4-6,11,14H2,1-3H3,(H,24,26). The highest BCUT2D eigenvalue weighted by atomic mass is 35.5. The molecule has 158 valence electrons. The number of carbonyl (C=O) groups is 1. The number of carbonyl (C=O) groups excluding carboxylic acids is 1. The fourth-order valence-electron chi connectivity index (χ4n) is 3.05. The van der Waals surface area contributed by atoms with Crippen molar-refractivity contribution in [1.82, 2.24) is 9.29 Å². The monoisotopic (exact) mass is 456 g/mol. The Labute approximate surface area is 182 Å². The maximum absolute atomic E-state index is 12.1. The summed E-state index contributed by atoms with van der Waals surface area (Å²) in [6, 6.07) is 7.34. The maximum atomic E-state index is 12.1. The summed E-state index contributed by atoms with van der Waals surface area (Å²) in [7, 11) is -3.62. The Morgan fingerprint density at radius 3 is 2.55 bits per heavy atom. The van der Waals surface area contributed by atoms with E-state index in [-0.39, 0.29) is 5.75 Å². The predicted molar refractivity (Wildman–Crippen MR) is 120 cm³/mol. The van der Waals surface area contributed by atoms with E-state index < -0.39 is 15.9 Å². The zero-order valence-corrected chi connectivity index (χ0v) is 19.2. The zero-order valence-electron chi connectivity index (χ0n) is 16.8. The Morgan fingerprint density at radius 2 is 1.90 bits per heavy atom. The summed E-state index contributed by atoms with van der Waals surface area (Å²) in [6.07, 6.45) is 5.13. The third-order valence-electron chi connectivity index (χ3n) is 4.55. The van der Waals surface area contributed by atoms with E-state index in [0.29, 0.717) is 23.0 Å². The Hall–Kier alpha value is -1.76. The van der Waals surface area contributed by atoms with Crippen molar-refractivity contribution in [3.8, 4) is 0 Å². The number of benzene rings is 1. The highest BCUT2D eigenvalue weighted by molar-refractivity contribution is 7.90. The van der Waals surface area contributed by atoms with Crippen LogP contribution in [0, 0.1) is 13.8 Å². The highest BCUT2D eigenvalue weighted by Crippen LogP contribution is 2.25. The first-order valence-corrected chi connectivity index (χ1v) is 11.9. The van der Waals surface area contributed by atoms with Gasteiger partial charge in [0.15, 0.2) is 0 Å². The number of halogens is 2. The Balaban J connectivity index is 2.17. The van der Waals surface area contributed by atoms with E-state index >= 15 is 0 Å². The van der Waals surface area contributed by atoms with Crippen molar-refractivity contribution in [1.29, 1.82) is 0 Å². The second-order valence-corrected chi connectivity index (χ2v) is 9.69. The number of sulfonamides is 1. The number of unbranched alkanes of at least 4 members (excludes halogenated alkanes) is 2. The maximum Gasteiger partial charge on any atom is 0.257 e. The number of aromatic nitrogens is 1. The zero-order chi connectivity index (χ0) is 21.6. The molecular formula is C21H26Cl2N2O3S. The Bertz CT molecular complexity index is 1010. The quantitative estimate of drug-likeness (QED) is 0.420. The molecule has 8 heteroatoms. The van der Waals surface area contributed by atoms with Crippen molar-refractivity contribution in [2.75, 3.05) is 5.75 Å². The molecule has 0 spiro atoms. The van der Waals surface area contributed by atoms with Crippen LogP contribution in [0.2, 0.25) is 10.0 Å². The number of amides is 1. The van der Waals surface area contributed by atoms with Gasteiger partial charge in [0.25, 0.3) is 5.91 Å². The number of hydrogen-bond acceptors (Lipinski definition) is 3. The SMILES string of the molecule is CCCCCS(=O)(=O)NC(=O)C=Cc1c(C)cc(C)n1Cc1ccc(Cl)cc1Cl. The second kappa shape index (κ2) is 10.3. The molecule has 0 atom stereocenters. The van der Waals surface area contributed by atoms with Crippen LogP contribution in [0.4, 0.5) is 0 Å². The summed E-state index contributed by atoms with van der Waals surface area (Å²) in [5.41, 5.74) is 3.68. The first kappa shape index (κ1) is 23.5. The first-order chi connectivity index (χ1) is 13.6. The lowest BCUT2D eigenvalue weighted by Crippen LogP contribution is -2.31. The molecule has 5 nitrogen and oxygen atoms in total. The van der Waals surface area contributed by atoms with Crippen LogP contribution in [-0.4, -0.2) is 24.6 Å². The summed E-state index contributed by atoms with van der Waals surface area (Å²) in [6.45, 7) is 6.40. The first-order valence-electron chi connectivity index (χ1n) is 9.46. The van der Waals surface area contributed by atoms with Crippen LogP contribution < -0.4 is 4.72 Å². The lowest BCUT2D eigenvalue weighted by atomic mass is 10.2. The number of rotatable bonds is 9. The molecule has 0 aliphatic rings. The van der Waals surface area contributed by atoms with Gasteiger partial charge in [-0.05, 0) is 55.7 Å². The third-order valence-corrected chi connectivity index (χ3v) is 6.48. The highest BCUT2D eigenvalue weighted by Gasteiger charge is 2.14. The van der Waals surface area contributed by atoms with Crippen LogP contribution in [0.15, 0.2) is 30.3 Å². The molecule has 2 rings (SSSR count). The minimum atomic E-state index is -3.62. The fourth-order valence-corrected chi connectivity index (χ4v) is 4.58. The van der Waals surface area contributed by atoms with Gasteiger partial charge < -0.3 is 4.57 Å². The number of aryl methyl sites for hydroxylation is 2. The average Bonchev–Trinajstić information content (AvgIpc) is 2.88. The molecule has 0 aliphatic heterocycles. The van der Waals surface area contributed by atoms with Crippen molar-refractivity contribution >= 4 is 45.2 Å². The van der Waals surface area contributed by atoms with Gasteiger partial charge in [0.05, 0.1) is 5.75 Å². The molecule has 0 bridgehead atoms. The molecule has 0 saturated heterocycles. The summed E-state index contributed by atoms with van der Waals surface area (Å²) in [5.74, 6) is -0.708. The van der Waals surface area contributed by atoms with Gasteiger partial charge in [0.2, 0.25) is 10.0 Å². The number of nitrogens with one attached hydrogen (secondary N) is 1. The minimum absolute atomic E-state index is 0.0516. The van der Waals surface area contributed by atoms with Crippen molar-refractivity contribution in [3.63, 3.8) is 0 Å². The largest absolute Gasteiger partial charge is 0.341 e. The van der Waals surface area contributed by atoms with E-state index in [1.54, 1.807) is 18.2 Å². The summed E-state index contributed by atoms with van der Waals surface area (Å²) in [5, 5.41) is 1.13. The summed E-state index contributed by atoms with van der Waals surface area (Å²) >= 11 is 12.3. The molecule has 0 fully saturated rings. The predicted octanol–water partition coefficient (Wildman–Crippen LogP) is 5.11. The van der Waals surface area contributed by atoms with E-state index in [4.69, 9.17) is 23.2 Å². The van der Waals surface area contributed by atoms with E-state index in [9.17, 15) is 13.2 Å². The molecule has 1 amide bonds. The molecule has 2 aromatic rings. The second-order valence-electron chi connectivity index (χ2n) is 7.00. The third kappa shape index (κ3) is 6.91. The van der Waals surface area contributed by atoms with Gasteiger partial charge in [-0.1, -0.05) is 49.0 Å². The lowest BCUT2D eigenvalue weighted by Gasteiger charge is -2.12. The molecular weight excluding hydrogens is 431 g/mol. The van der Waals surface area contributed by atoms with Crippen LogP contribution in [0.3, 0.4) is 0 Å². The molecule has 0 unspecified atom stereocenters. The van der Waals surface area contributed by atoms with Crippen molar-refractivity contribution in [2.24, 2.45) is 0 Å². The molecule has 1 aromatic heterocycles. The normalized spacial score (nSPS) is 11.9. The number of hydrogen-bond donors (Lipinski definition) is 1. The smallest absolute Gasteiger partial charge is 0.257 e. The van der Waals surface area contributed by atoms with E-state index in [0.717, 1.165) is 35.4 Å². The Kier molecular flexibility index (Phi) is 8.37. The summed E-state index contributed by atoms with van der Waals surface area (Å²) < 4.78 is 28.1. The summed E-state index contributed by atoms with van der Waals surface area (Å²) in [4.78, 5) is 12.1. The molecule has 0 aliphatic carbocycles. The average molecular weight is 457 g/mol. The lowest BCUT2D eigenvalue weighted by molar-refractivity contribution is -0.114. The van der Waals surface area contributed by atoms with Crippen LogP contribution in [-0.2, 0) is 21.4 Å². The molecule has 1 N–H and O–H groups in total.